The third-order valence-corrected chi connectivity index (χ3v) is 4.67. The molecule has 1 heterocycles. The minimum atomic E-state index is -4.16. The third-order valence-electron chi connectivity index (χ3n) is 4.67. The van der Waals surface area contributed by atoms with Gasteiger partial charge in [-0.25, -0.2) is 4.39 Å². The first kappa shape index (κ1) is 21.5. The van der Waals surface area contributed by atoms with E-state index in [0.29, 0.717) is 44.1 Å². The second-order valence-electron chi connectivity index (χ2n) is 7.10. The molecule has 0 saturated carbocycles. The minimum absolute atomic E-state index is 0.106. The number of alkyl halides is 3. The molecule has 2 rings (SSSR count). The predicted molar refractivity (Wildman–Crippen MR) is 99.3 cm³/mol. The number of likely N-dealkylation sites (tertiary alicyclic amines) is 1. The molecule has 1 aliphatic rings. The molecule has 4 nitrogen and oxygen atoms in total. The van der Waals surface area contributed by atoms with Crippen LogP contribution in [0.15, 0.2) is 23.2 Å². The smallest absolute Gasteiger partial charge is 0.357 e. The quantitative estimate of drug-likeness (QED) is 0.444. The van der Waals surface area contributed by atoms with Crippen LogP contribution >= 0.6 is 0 Å². The molecule has 2 unspecified atom stereocenters. The summed E-state index contributed by atoms with van der Waals surface area (Å²) in [6.07, 6.45) is -3.45. The van der Waals surface area contributed by atoms with Crippen molar-refractivity contribution in [3.05, 3.63) is 35.1 Å². The average Bonchev–Trinajstić information content (AvgIpc) is 3.00. The lowest BCUT2D eigenvalue weighted by Crippen LogP contribution is -2.39. The second kappa shape index (κ2) is 9.39. The summed E-state index contributed by atoms with van der Waals surface area (Å²) in [6, 6.07) is 4.96. The number of rotatable bonds is 6. The van der Waals surface area contributed by atoms with Crippen molar-refractivity contribution in [3.8, 4) is 0 Å². The highest BCUT2D eigenvalue weighted by Crippen LogP contribution is 2.23. The van der Waals surface area contributed by atoms with Crippen molar-refractivity contribution in [1.82, 2.24) is 15.5 Å². The number of aryl methyl sites for hydroxylation is 1. The van der Waals surface area contributed by atoms with Crippen molar-refractivity contribution in [2.45, 2.75) is 39.4 Å². The van der Waals surface area contributed by atoms with Gasteiger partial charge in [-0.1, -0.05) is 12.1 Å². The summed E-state index contributed by atoms with van der Waals surface area (Å²) in [5.74, 6) is 0.439. The highest BCUT2D eigenvalue weighted by atomic mass is 19.4. The Bertz CT molecular complexity index is 645. The Hall–Kier alpha value is -1.83. The standard InChI is InChI=1S/C19H28F4N4/c1-4-24-18(26-14(3)16-6-5-13(2)17(20)9-16)25-10-15-7-8-27(11-15)12-19(21,22)23/h5-6,9,14-15H,4,7-8,10-12H2,1-3H3,(H2,24,25,26). The van der Waals surface area contributed by atoms with E-state index in [0.717, 1.165) is 5.56 Å². The number of halogens is 4. The van der Waals surface area contributed by atoms with E-state index in [-0.39, 0.29) is 17.8 Å². The first-order chi connectivity index (χ1) is 12.7. The fraction of sp³-hybridized carbons (Fsp3) is 0.632. The molecule has 1 aromatic carbocycles. The highest BCUT2D eigenvalue weighted by molar-refractivity contribution is 5.80. The zero-order valence-corrected chi connectivity index (χ0v) is 16.0. The number of nitrogens with one attached hydrogen (secondary N) is 2. The Labute approximate surface area is 158 Å². The summed E-state index contributed by atoms with van der Waals surface area (Å²) in [6.45, 7) is 6.67. The van der Waals surface area contributed by atoms with Crippen LogP contribution in [0.5, 0.6) is 0 Å². The molecule has 1 aliphatic heterocycles. The van der Waals surface area contributed by atoms with E-state index >= 15 is 0 Å². The monoisotopic (exact) mass is 388 g/mol. The molecular formula is C19H28F4N4. The van der Waals surface area contributed by atoms with Crippen molar-refractivity contribution in [3.63, 3.8) is 0 Å². The van der Waals surface area contributed by atoms with Crippen LogP contribution in [0.4, 0.5) is 17.6 Å². The van der Waals surface area contributed by atoms with Crippen LogP contribution < -0.4 is 10.6 Å². The maximum absolute atomic E-state index is 13.8. The van der Waals surface area contributed by atoms with Crippen LogP contribution in [0.2, 0.25) is 0 Å². The van der Waals surface area contributed by atoms with Crippen LogP contribution in [-0.4, -0.2) is 49.8 Å². The molecule has 0 aliphatic carbocycles. The molecule has 0 aromatic heterocycles. The van der Waals surface area contributed by atoms with Gasteiger partial charge in [0, 0.05) is 19.6 Å². The Morgan fingerprint density at radius 1 is 1.37 bits per heavy atom. The fourth-order valence-corrected chi connectivity index (χ4v) is 3.17. The van der Waals surface area contributed by atoms with E-state index in [4.69, 9.17) is 0 Å². The van der Waals surface area contributed by atoms with Crippen molar-refractivity contribution in [2.75, 3.05) is 32.7 Å². The molecule has 0 spiro atoms. The van der Waals surface area contributed by atoms with Crippen molar-refractivity contribution in [2.24, 2.45) is 10.9 Å². The number of hydrogen-bond donors (Lipinski definition) is 2. The lowest BCUT2D eigenvalue weighted by Gasteiger charge is -2.20. The summed E-state index contributed by atoms with van der Waals surface area (Å²) in [5.41, 5.74) is 1.40. The first-order valence-electron chi connectivity index (χ1n) is 9.28. The summed E-state index contributed by atoms with van der Waals surface area (Å²) >= 11 is 0. The zero-order valence-electron chi connectivity index (χ0n) is 16.0. The van der Waals surface area contributed by atoms with Crippen LogP contribution in [0.1, 0.15) is 37.4 Å². The number of guanidine groups is 1. The van der Waals surface area contributed by atoms with E-state index < -0.39 is 12.7 Å². The lowest BCUT2D eigenvalue weighted by molar-refractivity contribution is -0.143. The molecule has 0 amide bonds. The summed E-state index contributed by atoms with van der Waals surface area (Å²) in [4.78, 5) is 5.95. The predicted octanol–water partition coefficient (Wildman–Crippen LogP) is 3.63. The molecule has 1 fully saturated rings. The van der Waals surface area contributed by atoms with Gasteiger partial charge in [-0.15, -0.1) is 0 Å². The van der Waals surface area contributed by atoms with Gasteiger partial charge in [0.2, 0.25) is 0 Å². The van der Waals surface area contributed by atoms with Gasteiger partial charge >= 0.3 is 6.18 Å². The molecule has 2 N–H and O–H groups in total. The topological polar surface area (TPSA) is 39.7 Å². The average molecular weight is 388 g/mol. The van der Waals surface area contributed by atoms with E-state index in [1.54, 1.807) is 13.0 Å². The Morgan fingerprint density at radius 3 is 2.74 bits per heavy atom. The molecule has 2 atom stereocenters. The lowest BCUT2D eigenvalue weighted by atomic mass is 10.1. The van der Waals surface area contributed by atoms with Gasteiger partial charge in [0.1, 0.15) is 5.82 Å². The summed E-state index contributed by atoms with van der Waals surface area (Å²) < 4.78 is 51.2. The van der Waals surface area contributed by atoms with Crippen LogP contribution in [0.3, 0.4) is 0 Å². The SMILES string of the molecule is CCNC(=NCC1CCN(CC(F)(F)F)C1)NC(C)c1ccc(C)c(F)c1. The van der Waals surface area contributed by atoms with Crippen LogP contribution in [-0.2, 0) is 0 Å². The van der Waals surface area contributed by atoms with Crippen LogP contribution in [0.25, 0.3) is 0 Å². The molecule has 1 aromatic rings. The van der Waals surface area contributed by atoms with Crippen molar-refractivity contribution in [1.29, 1.82) is 0 Å². The van der Waals surface area contributed by atoms with Crippen molar-refractivity contribution >= 4 is 5.96 Å². The molecule has 1 saturated heterocycles. The summed E-state index contributed by atoms with van der Waals surface area (Å²) in [5, 5.41) is 6.37. The Morgan fingerprint density at radius 2 is 2.11 bits per heavy atom. The van der Waals surface area contributed by atoms with Gasteiger partial charge in [-0.3, -0.25) is 9.89 Å². The van der Waals surface area contributed by atoms with E-state index in [1.807, 2.05) is 19.9 Å². The zero-order chi connectivity index (χ0) is 20.0. The molecule has 27 heavy (non-hydrogen) atoms. The number of benzene rings is 1. The van der Waals surface area contributed by atoms with E-state index in [1.165, 1.54) is 11.0 Å². The third kappa shape index (κ3) is 7.01. The minimum Gasteiger partial charge on any atom is -0.357 e. The Balaban J connectivity index is 1.93. The van der Waals surface area contributed by atoms with E-state index in [2.05, 4.69) is 15.6 Å². The van der Waals surface area contributed by atoms with Gasteiger partial charge in [-0.05, 0) is 56.8 Å². The van der Waals surface area contributed by atoms with Crippen LogP contribution in [0, 0.1) is 18.7 Å². The molecule has 8 heteroatoms. The van der Waals surface area contributed by atoms with E-state index in [9.17, 15) is 17.6 Å². The molecule has 152 valence electrons. The second-order valence-corrected chi connectivity index (χ2v) is 7.10. The molecular weight excluding hydrogens is 360 g/mol. The van der Waals surface area contributed by atoms with Gasteiger partial charge in [0.25, 0.3) is 0 Å². The van der Waals surface area contributed by atoms with Gasteiger partial charge < -0.3 is 10.6 Å². The van der Waals surface area contributed by atoms with Gasteiger partial charge in [-0.2, -0.15) is 13.2 Å². The Kier molecular flexibility index (Phi) is 7.47. The maximum atomic E-state index is 13.8. The molecule has 0 radical (unpaired) electrons. The van der Waals surface area contributed by atoms with Gasteiger partial charge in [0.05, 0.1) is 12.6 Å². The fourth-order valence-electron chi connectivity index (χ4n) is 3.17. The number of aliphatic imine (C=N–C) groups is 1. The largest absolute Gasteiger partial charge is 0.401 e. The number of nitrogens with zero attached hydrogens (tertiary/aromatic N) is 2. The first-order valence-corrected chi connectivity index (χ1v) is 9.28. The number of hydrogen-bond acceptors (Lipinski definition) is 2. The normalized spacial score (nSPS) is 20.0. The van der Waals surface area contributed by atoms with Gasteiger partial charge in [0.15, 0.2) is 5.96 Å². The molecule has 0 bridgehead atoms. The highest BCUT2D eigenvalue weighted by Gasteiger charge is 2.34. The maximum Gasteiger partial charge on any atom is 0.401 e. The van der Waals surface area contributed by atoms with Crippen molar-refractivity contribution < 1.29 is 17.6 Å². The summed E-state index contributed by atoms with van der Waals surface area (Å²) in [7, 11) is 0.